The number of rotatable bonds is 6. The summed E-state index contributed by atoms with van der Waals surface area (Å²) in [4.78, 5) is 13.1. The van der Waals surface area contributed by atoms with E-state index in [4.69, 9.17) is 23.4 Å². The van der Waals surface area contributed by atoms with Crippen molar-refractivity contribution in [1.82, 2.24) is 0 Å². The van der Waals surface area contributed by atoms with Crippen LogP contribution in [0.1, 0.15) is 13.3 Å². The van der Waals surface area contributed by atoms with Crippen LogP contribution in [0.15, 0.2) is 45.6 Å². The van der Waals surface area contributed by atoms with Crippen molar-refractivity contribution >= 4 is 11.0 Å². The molecule has 2 heterocycles. The maximum atomic E-state index is 13.1. The molecule has 1 aliphatic rings. The molecule has 0 bridgehead atoms. The maximum absolute atomic E-state index is 13.1. The largest absolute Gasteiger partial charge is 0.504 e. The van der Waals surface area contributed by atoms with Crippen LogP contribution in [0.2, 0.25) is 0 Å². The average molecular weight is 474 g/mol. The molecular formula is C24H26O10. The van der Waals surface area contributed by atoms with Gasteiger partial charge in [-0.25, -0.2) is 0 Å². The average Bonchev–Trinajstić information content (AvgIpc) is 2.84. The van der Waals surface area contributed by atoms with E-state index in [1.807, 2.05) is 0 Å². The van der Waals surface area contributed by atoms with Gasteiger partial charge in [-0.2, -0.15) is 0 Å². The van der Waals surface area contributed by atoms with Crippen molar-refractivity contribution < 1.29 is 43.8 Å². The summed E-state index contributed by atoms with van der Waals surface area (Å²) in [5.74, 6) is 0.693. The number of aliphatic hydroxyl groups excluding tert-OH is 3. The summed E-state index contributed by atoms with van der Waals surface area (Å²) in [5, 5.41) is 40.6. The van der Waals surface area contributed by atoms with Crippen LogP contribution < -0.4 is 19.6 Å². The number of phenolic OH excluding ortho intramolecular Hbond substituents is 1. The fourth-order valence-corrected chi connectivity index (χ4v) is 3.89. The van der Waals surface area contributed by atoms with E-state index in [9.17, 15) is 25.2 Å². The minimum atomic E-state index is -1.56. The molecule has 1 aliphatic heterocycles. The number of hydrogen-bond donors (Lipinski definition) is 4. The first-order valence-corrected chi connectivity index (χ1v) is 10.7. The van der Waals surface area contributed by atoms with Gasteiger partial charge in [0.2, 0.25) is 6.29 Å². The Kier molecular flexibility index (Phi) is 6.67. The summed E-state index contributed by atoms with van der Waals surface area (Å²) in [5.41, 5.74) is 0.188. The second-order valence-corrected chi connectivity index (χ2v) is 7.90. The highest BCUT2D eigenvalue weighted by atomic mass is 16.7. The standard InChI is InChI=1S/C24H26O10/c1-4-15-21(27)22(28)23(29)24(33-15)34-19-9-12(30-2)8-18-20(19)14(26)10-16(32-18)11-5-6-13(25)17(7-11)31-3/h5-10,15,21-25,27-29H,4H2,1-3H3/t15?,21-,22+,23?,24+/m1/s1. The summed E-state index contributed by atoms with van der Waals surface area (Å²) >= 11 is 0. The van der Waals surface area contributed by atoms with Crippen molar-refractivity contribution in [2.24, 2.45) is 0 Å². The monoisotopic (exact) mass is 474 g/mol. The predicted octanol–water partition coefficient (Wildman–Crippen LogP) is 1.78. The number of hydrogen-bond acceptors (Lipinski definition) is 10. The van der Waals surface area contributed by atoms with Crippen LogP contribution in [0.4, 0.5) is 0 Å². The third-order valence-electron chi connectivity index (χ3n) is 5.78. The van der Waals surface area contributed by atoms with Crippen LogP contribution in [0.5, 0.6) is 23.0 Å². The van der Waals surface area contributed by atoms with Crippen LogP contribution in [-0.2, 0) is 4.74 Å². The molecule has 1 fully saturated rings. The van der Waals surface area contributed by atoms with E-state index in [0.29, 0.717) is 17.7 Å². The van der Waals surface area contributed by atoms with Crippen LogP contribution in [0.3, 0.4) is 0 Å². The lowest BCUT2D eigenvalue weighted by Crippen LogP contribution is -2.58. The minimum absolute atomic E-state index is 0.0143. The molecule has 34 heavy (non-hydrogen) atoms. The van der Waals surface area contributed by atoms with E-state index in [1.165, 1.54) is 44.6 Å². The van der Waals surface area contributed by atoms with E-state index in [2.05, 4.69) is 0 Å². The van der Waals surface area contributed by atoms with E-state index < -0.39 is 36.1 Å². The highest BCUT2D eigenvalue weighted by molar-refractivity contribution is 5.86. The van der Waals surface area contributed by atoms with Gasteiger partial charge in [-0.1, -0.05) is 6.92 Å². The Morgan fingerprint density at radius 2 is 1.71 bits per heavy atom. The summed E-state index contributed by atoms with van der Waals surface area (Å²) < 4.78 is 27.8. The van der Waals surface area contributed by atoms with Gasteiger partial charge in [0, 0.05) is 23.8 Å². The summed E-state index contributed by atoms with van der Waals surface area (Å²) in [6, 6.07) is 8.74. The molecule has 0 aliphatic carbocycles. The van der Waals surface area contributed by atoms with Crippen molar-refractivity contribution in [3.63, 3.8) is 0 Å². The fourth-order valence-electron chi connectivity index (χ4n) is 3.89. The maximum Gasteiger partial charge on any atom is 0.229 e. The Morgan fingerprint density at radius 1 is 0.941 bits per heavy atom. The highest BCUT2D eigenvalue weighted by Gasteiger charge is 2.44. The van der Waals surface area contributed by atoms with E-state index in [1.54, 1.807) is 13.0 Å². The number of ether oxygens (including phenoxy) is 4. The normalized spacial score (nSPS) is 24.7. The molecule has 1 aromatic heterocycles. The number of fused-ring (bicyclic) bond motifs is 1. The Hall–Kier alpha value is -3.31. The molecule has 0 radical (unpaired) electrons. The van der Waals surface area contributed by atoms with Gasteiger partial charge in [-0.3, -0.25) is 4.79 Å². The SMILES string of the molecule is CCC1O[C@@H](Oc2cc(OC)cc3oc(-c4ccc(O)c(OC)c4)cc(=O)c23)C(O)[C@@H](O)[C@@H]1O. The van der Waals surface area contributed by atoms with Gasteiger partial charge in [0.05, 0.1) is 20.3 Å². The number of aliphatic hydroxyl groups is 3. The van der Waals surface area contributed by atoms with Crippen molar-refractivity contribution in [2.45, 2.75) is 44.1 Å². The van der Waals surface area contributed by atoms with Crippen molar-refractivity contribution in [3.05, 3.63) is 46.6 Å². The quantitative estimate of drug-likeness (QED) is 0.417. The Morgan fingerprint density at radius 3 is 2.38 bits per heavy atom. The minimum Gasteiger partial charge on any atom is -0.504 e. The molecule has 4 rings (SSSR count). The lowest BCUT2D eigenvalue weighted by Gasteiger charge is -2.40. The number of methoxy groups -OCH3 is 2. The zero-order valence-corrected chi connectivity index (χ0v) is 18.8. The topological polar surface area (TPSA) is 148 Å². The first-order valence-electron chi connectivity index (χ1n) is 10.7. The lowest BCUT2D eigenvalue weighted by molar-refractivity contribution is -0.272. The second kappa shape index (κ2) is 9.51. The summed E-state index contributed by atoms with van der Waals surface area (Å²) in [6.07, 6.45) is -6.09. The molecule has 182 valence electrons. The van der Waals surface area contributed by atoms with Gasteiger partial charge in [0.15, 0.2) is 16.9 Å². The number of aromatic hydroxyl groups is 1. The number of benzene rings is 2. The molecular weight excluding hydrogens is 448 g/mol. The molecule has 1 saturated heterocycles. The Bertz CT molecular complexity index is 1230. The zero-order chi connectivity index (χ0) is 24.6. The van der Waals surface area contributed by atoms with Gasteiger partial charge >= 0.3 is 0 Å². The lowest BCUT2D eigenvalue weighted by atomic mass is 9.97. The van der Waals surface area contributed by atoms with Gasteiger partial charge in [-0.15, -0.1) is 0 Å². The number of phenols is 1. The molecule has 3 aromatic rings. The third kappa shape index (κ3) is 4.28. The smallest absolute Gasteiger partial charge is 0.229 e. The van der Waals surface area contributed by atoms with Crippen LogP contribution in [0.25, 0.3) is 22.3 Å². The molecule has 2 aromatic carbocycles. The van der Waals surface area contributed by atoms with Crippen LogP contribution in [-0.4, -0.2) is 65.4 Å². The zero-order valence-electron chi connectivity index (χ0n) is 18.8. The predicted molar refractivity (Wildman–Crippen MR) is 120 cm³/mol. The third-order valence-corrected chi connectivity index (χ3v) is 5.78. The van der Waals surface area contributed by atoms with Crippen LogP contribution >= 0.6 is 0 Å². The van der Waals surface area contributed by atoms with Crippen molar-refractivity contribution in [1.29, 1.82) is 0 Å². The fraction of sp³-hybridized carbons (Fsp3) is 0.375. The van der Waals surface area contributed by atoms with Gasteiger partial charge < -0.3 is 43.8 Å². The van der Waals surface area contributed by atoms with Gasteiger partial charge in [0.25, 0.3) is 0 Å². The van der Waals surface area contributed by atoms with Gasteiger partial charge in [-0.05, 0) is 24.6 Å². The van der Waals surface area contributed by atoms with E-state index in [0.717, 1.165) is 0 Å². The Labute approximate surface area is 194 Å². The summed E-state index contributed by atoms with van der Waals surface area (Å²) in [7, 11) is 2.83. The molecule has 10 heteroatoms. The molecule has 0 saturated carbocycles. The van der Waals surface area contributed by atoms with E-state index >= 15 is 0 Å². The van der Waals surface area contributed by atoms with E-state index in [-0.39, 0.29) is 34.0 Å². The first-order chi connectivity index (χ1) is 16.3. The highest BCUT2D eigenvalue weighted by Crippen LogP contribution is 2.36. The molecule has 0 spiro atoms. The van der Waals surface area contributed by atoms with Crippen molar-refractivity contribution in [2.75, 3.05) is 14.2 Å². The second-order valence-electron chi connectivity index (χ2n) is 7.90. The molecule has 4 N–H and O–H groups in total. The summed E-state index contributed by atoms with van der Waals surface area (Å²) in [6.45, 7) is 1.75. The molecule has 5 atom stereocenters. The molecule has 10 nitrogen and oxygen atoms in total. The van der Waals surface area contributed by atoms with Crippen LogP contribution in [0, 0.1) is 0 Å². The van der Waals surface area contributed by atoms with Crippen molar-refractivity contribution in [3.8, 4) is 34.3 Å². The molecule has 2 unspecified atom stereocenters. The van der Waals surface area contributed by atoms with Gasteiger partial charge in [0.1, 0.15) is 46.5 Å². The Balaban J connectivity index is 1.79. The first kappa shape index (κ1) is 23.8. The molecule has 0 amide bonds.